The van der Waals surface area contributed by atoms with Gasteiger partial charge >= 0.3 is 0 Å². The smallest absolute Gasteiger partial charge is 0.0414 e. The van der Waals surface area contributed by atoms with E-state index in [2.05, 4.69) is 13.8 Å². The van der Waals surface area contributed by atoms with E-state index in [0.717, 1.165) is 12.5 Å². The Labute approximate surface area is 75.3 Å². The summed E-state index contributed by atoms with van der Waals surface area (Å²) in [5, 5.41) is 0. The van der Waals surface area contributed by atoms with Gasteiger partial charge in [0.1, 0.15) is 0 Å². The molecule has 0 N–H and O–H groups in total. The van der Waals surface area contributed by atoms with Gasteiger partial charge in [-0.25, -0.2) is 0 Å². The molecule has 1 nitrogen and oxygen atoms in total. The summed E-state index contributed by atoms with van der Waals surface area (Å²) in [6, 6.07) is 0. The Hall–Kier alpha value is -0.330. The van der Waals surface area contributed by atoms with Crippen LogP contribution >= 0.6 is 0 Å². The molecule has 2 rings (SSSR count). The molecule has 0 spiro atoms. The van der Waals surface area contributed by atoms with Crippen molar-refractivity contribution < 1.29 is 0 Å². The Balaban J connectivity index is 2.21. The molecule has 1 heterocycles. The third kappa shape index (κ3) is 1.30. The van der Waals surface area contributed by atoms with E-state index >= 15 is 0 Å². The van der Waals surface area contributed by atoms with E-state index in [9.17, 15) is 0 Å². The van der Waals surface area contributed by atoms with Gasteiger partial charge in [0.25, 0.3) is 0 Å². The molecule has 0 aromatic carbocycles. The highest BCUT2D eigenvalue weighted by Gasteiger charge is 2.36. The maximum Gasteiger partial charge on any atom is 0.0414 e. The first kappa shape index (κ1) is 8.28. The Morgan fingerprint density at radius 1 is 1.42 bits per heavy atom. The summed E-state index contributed by atoms with van der Waals surface area (Å²) in [5.74, 6) is 0.817. The Morgan fingerprint density at radius 3 is 3.08 bits per heavy atom. The van der Waals surface area contributed by atoms with Crippen molar-refractivity contribution in [1.82, 2.24) is 0 Å². The molecule has 68 valence electrons. The lowest BCUT2D eigenvalue weighted by Gasteiger charge is -2.40. The van der Waals surface area contributed by atoms with Crippen LogP contribution in [0.1, 0.15) is 46.0 Å². The maximum atomic E-state index is 4.72. The van der Waals surface area contributed by atoms with Crippen molar-refractivity contribution in [2.75, 3.05) is 6.54 Å². The number of aliphatic imine (C=N–C) groups is 1. The Bertz CT molecular complexity index is 207. The predicted molar refractivity (Wildman–Crippen MR) is 52.7 cm³/mol. The first-order valence-corrected chi connectivity index (χ1v) is 5.24. The lowest BCUT2D eigenvalue weighted by atomic mass is 9.68. The van der Waals surface area contributed by atoms with Crippen molar-refractivity contribution in [3.63, 3.8) is 0 Å². The summed E-state index contributed by atoms with van der Waals surface area (Å²) in [6.45, 7) is 5.84. The largest absolute Gasteiger partial charge is 0.293 e. The van der Waals surface area contributed by atoms with Crippen molar-refractivity contribution in [3.05, 3.63) is 0 Å². The van der Waals surface area contributed by atoms with Gasteiger partial charge in [-0.2, -0.15) is 0 Å². The average Bonchev–Trinajstić information content (AvgIpc) is 2.02. The van der Waals surface area contributed by atoms with E-state index in [1.807, 2.05) is 0 Å². The second kappa shape index (κ2) is 2.86. The summed E-state index contributed by atoms with van der Waals surface area (Å²) < 4.78 is 0. The van der Waals surface area contributed by atoms with Crippen molar-refractivity contribution in [2.24, 2.45) is 16.3 Å². The number of nitrogens with zero attached hydrogens (tertiary/aromatic N) is 1. The third-order valence-electron chi connectivity index (χ3n) is 3.48. The third-order valence-corrected chi connectivity index (χ3v) is 3.48. The number of fused-ring (bicyclic) bond motifs is 1. The van der Waals surface area contributed by atoms with E-state index < -0.39 is 0 Å². The molecule has 0 radical (unpaired) electrons. The summed E-state index contributed by atoms with van der Waals surface area (Å²) in [4.78, 5) is 4.72. The topological polar surface area (TPSA) is 12.4 Å². The Kier molecular flexibility index (Phi) is 1.97. The SMILES string of the molecule is C[C@@H]1CN=C2CCCC[C@@]2(C)C1. The quantitative estimate of drug-likeness (QED) is 0.523. The van der Waals surface area contributed by atoms with Crippen molar-refractivity contribution >= 4 is 5.71 Å². The molecule has 0 unspecified atom stereocenters. The molecule has 1 fully saturated rings. The normalized spacial score (nSPS) is 41.8. The van der Waals surface area contributed by atoms with Crippen LogP contribution in [-0.4, -0.2) is 12.3 Å². The van der Waals surface area contributed by atoms with Gasteiger partial charge in [0.05, 0.1) is 0 Å². The first-order valence-electron chi connectivity index (χ1n) is 5.24. The van der Waals surface area contributed by atoms with Crippen LogP contribution in [0.4, 0.5) is 0 Å². The summed E-state index contributed by atoms with van der Waals surface area (Å²) in [7, 11) is 0. The lowest BCUT2D eigenvalue weighted by Crippen LogP contribution is -2.37. The first-order chi connectivity index (χ1) is 5.71. The Morgan fingerprint density at radius 2 is 2.25 bits per heavy atom. The highest BCUT2D eigenvalue weighted by molar-refractivity contribution is 5.91. The van der Waals surface area contributed by atoms with E-state index in [4.69, 9.17) is 4.99 Å². The molecule has 0 aromatic heterocycles. The molecule has 0 amide bonds. The predicted octanol–water partition coefficient (Wildman–Crippen LogP) is 3.05. The van der Waals surface area contributed by atoms with Gasteiger partial charge in [-0.15, -0.1) is 0 Å². The molecule has 12 heavy (non-hydrogen) atoms. The molecule has 1 saturated carbocycles. The highest BCUT2D eigenvalue weighted by atomic mass is 14.8. The molecule has 0 bridgehead atoms. The summed E-state index contributed by atoms with van der Waals surface area (Å²) in [6.07, 6.45) is 6.84. The van der Waals surface area contributed by atoms with Crippen LogP contribution in [0.3, 0.4) is 0 Å². The van der Waals surface area contributed by atoms with Crippen LogP contribution in [0, 0.1) is 11.3 Å². The number of hydrogen-bond donors (Lipinski definition) is 0. The van der Waals surface area contributed by atoms with Gasteiger partial charge in [0.2, 0.25) is 0 Å². The minimum atomic E-state index is 0.496. The monoisotopic (exact) mass is 165 g/mol. The van der Waals surface area contributed by atoms with Gasteiger partial charge < -0.3 is 0 Å². The fourth-order valence-electron chi connectivity index (χ4n) is 2.84. The molecule has 2 atom stereocenters. The fraction of sp³-hybridized carbons (Fsp3) is 0.909. The zero-order chi connectivity index (χ0) is 8.60. The van der Waals surface area contributed by atoms with Crippen LogP contribution in [0.25, 0.3) is 0 Å². The van der Waals surface area contributed by atoms with Crippen molar-refractivity contribution in [2.45, 2.75) is 46.0 Å². The molecular formula is C11H19N. The zero-order valence-corrected chi connectivity index (χ0v) is 8.27. The van der Waals surface area contributed by atoms with Crippen LogP contribution in [0.15, 0.2) is 4.99 Å². The lowest BCUT2D eigenvalue weighted by molar-refractivity contribution is 0.279. The maximum absolute atomic E-state index is 4.72. The van der Waals surface area contributed by atoms with Crippen LogP contribution in [0.2, 0.25) is 0 Å². The van der Waals surface area contributed by atoms with E-state index in [1.54, 1.807) is 0 Å². The van der Waals surface area contributed by atoms with Crippen molar-refractivity contribution in [3.8, 4) is 0 Å². The zero-order valence-electron chi connectivity index (χ0n) is 8.27. The molecular weight excluding hydrogens is 146 g/mol. The van der Waals surface area contributed by atoms with E-state index in [1.165, 1.54) is 37.8 Å². The molecule has 1 aliphatic heterocycles. The van der Waals surface area contributed by atoms with E-state index in [-0.39, 0.29) is 0 Å². The minimum Gasteiger partial charge on any atom is -0.293 e. The number of hydrogen-bond acceptors (Lipinski definition) is 1. The second-order valence-corrected chi connectivity index (χ2v) is 4.86. The van der Waals surface area contributed by atoms with Gasteiger partial charge in [-0.05, 0) is 31.6 Å². The second-order valence-electron chi connectivity index (χ2n) is 4.86. The van der Waals surface area contributed by atoms with E-state index in [0.29, 0.717) is 5.41 Å². The fourth-order valence-corrected chi connectivity index (χ4v) is 2.84. The molecule has 0 aromatic rings. The van der Waals surface area contributed by atoms with Gasteiger partial charge in [0, 0.05) is 17.7 Å². The summed E-state index contributed by atoms with van der Waals surface area (Å²) >= 11 is 0. The molecule has 1 heteroatoms. The van der Waals surface area contributed by atoms with Gasteiger partial charge in [-0.1, -0.05) is 20.3 Å². The number of rotatable bonds is 0. The standard InChI is InChI=1S/C11H19N/c1-9-7-11(2)6-4-3-5-10(11)12-8-9/h9H,3-8H2,1-2H3/t9-,11-/m0/s1. The summed E-state index contributed by atoms with van der Waals surface area (Å²) in [5.41, 5.74) is 2.03. The molecule has 1 aliphatic carbocycles. The van der Waals surface area contributed by atoms with Gasteiger partial charge in [0.15, 0.2) is 0 Å². The minimum absolute atomic E-state index is 0.496. The highest BCUT2D eigenvalue weighted by Crippen LogP contribution is 2.41. The molecule has 2 aliphatic rings. The van der Waals surface area contributed by atoms with Crippen LogP contribution < -0.4 is 0 Å². The van der Waals surface area contributed by atoms with Crippen LogP contribution in [0.5, 0.6) is 0 Å². The average molecular weight is 165 g/mol. The van der Waals surface area contributed by atoms with Crippen molar-refractivity contribution in [1.29, 1.82) is 0 Å². The van der Waals surface area contributed by atoms with Crippen LogP contribution in [-0.2, 0) is 0 Å². The van der Waals surface area contributed by atoms with Gasteiger partial charge in [-0.3, -0.25) is 4.99 Å². The molecule has 0 saturated heterocycles.